The van der Waals surface area contributed by atoms with Crippen molar-refractivity contribution in [1.29, 1.82) is 0 Å². The van der Waals surface area contributed by atoms with Gasteiger partial charge in [0.05, 0.1) is 0 Å². The molecule has 0 aromatic rings. The van der Waals surface area contributed by atoms with Crippen molar-refractivity contribution >= 4 is 0 Å². The minimum atomic E-state index is 0.589. The van der Waals surface area contributed by atoms with Crippen LogP contribution in [-0.4, -0.2) is 62.7 Å². The van der Waals surface area contributed by atoms with Crippen LogP contribution in [0.5, 0.6) is 0 Å². The van der Waals surface area contributed by atoms with Gasteiger partial charge in [-0.15, -0.1) is 0 Å². The first-order chi connectivity index (χ1) is 7.45. The van der Waals surface area contributed by atoms with Crippen LogP contribution in [0.1, 0.15) is 27.7 Å². The minimum Gasteiger partial charge on any atom is -0.313 e. The van der Waals surface area contributed by atoms with Gasteiger partial charge in [-0.25, -0.2) is 0 Å². The SMILES string of the molecule is CCNC(C)CN(CCN(C)C)CC(C)C. The Bertz CT molecular complexity index is 157. The smallest absolute Gasteiger partial charge is 0.0166 e. The van der Waals surface area contributed by atoms with E-state index in [-0.39, 0.29) is 0 Å². The summed E-state index contributed by atoms with van der Waals surface area (Å²) in [6, 6.07) is 0.589. The fourth-order valence-electron chi connectivity index (χ4n) is 1.92. The van der Waals surface area contributed by atoms with Crippen LogP contribution in [0, 0.1) is 5.92 Å². The van der Waals surface area contributed by atoms with Crippen LogP contribution in [0.2, 0.25) is 0 Å². The fourth-order valence-corrected chi connectivity index (χ4v) is 1.92. The van der Waals surface area contributed by atoms with Crippen LogP contribution < -0.4 is 5.32 Å². The van der Waals surface area contributed by atoms with Crippen molar-refractivity contribution in [2.24, 2.45) is 5.92 Å². The number of hydrogen-bond acceptors (Lipinski definition) is 3. The third-order valence-corrected chi connectivity index (χ3v) is 2.57. The van der Waals surface area contributed by atoms with Crippen LogP contribution >= 0.6 is 0 Å². The second kappa shape index (κ2) is 8.97. The average Bonchev–Trinajstić information content (AvgIpc) is 2.13. The zero-order chi connectivity index (χ0) is 12.6. The average molecular weight is 229 g/mol. The molecule has 0 heterocycles. The third-order valence-electron chi connectivity index (χ3n) is 2.57. The van der Waals surface area contributed by atoms with Crippen molar-refractivity contribution in [2.75, 3.05) is 46.8 Å². The Hall–Kier alpha value is -0.120. The predicted molar refractivity (Wildman–Crippen MR) is 73.0 cm³/mol. The summed E-state index contributed by atoms with van der Waals surface area (Å²) in [4.78, 5) is 4.82. The van der Waals surface area contributed by atoms with E-state index in [1.807, 2.05) is 0 Å². The van der Waals surface area contributed by atoms with Crippen LogP contribution in [0.25, 0.3) is 0 Å². The molecule has 0 aromatic heterocycles. The Balaban J connectivity index is 3.98. The molecule has 3 nitrogen and oxygen atoms in total. The van der Waals surface area contributed by atoms with E-state index in [0.29, 0.717) is 6.04 Å². The summed E-state index contributed by atoms with van der Waals surface area (Å²) in [5.41, 5.74) is 0. The van der Waals surface area contributed by atoms with Crippen LogP contribution in [-0.2, 0) is 0 Å². The van der Waals surface area contributed by atoms with E-state index in [9.17, 15) is 0 Å². The van der Waals surface area contributed by atoms with Gasteiger partial charge in [0.15, 0.2) is 0 Å². The molecule has 0 aliphatic carbocycles. The molecule has 0 saturated carbocycles. The van der Waals surface area contributed by atoms with Gasteiger partial charge in [-0.1, -0.05) is 20.8 Å². The van der Waals surface area contributed by atoms with E-state index in [0.717, 1.165) is 25.6 Å². The Morgan fingerprint density at radius 3 is 2.06 bits per heavy atom. The highest BCUT2D eigenvalue weighted by Gasteiger charge is 2.11. The van der Waals surface area contributed by atoms with Crippen molar-refractivity contribution in [3.05, 3.63) is 0 Å². The Morgan fingerprint density at radius 1 is 1.00 bits per heavy atom. The number of rotatable bonds is 9. The van der Waals surface area contributed by atoms with Gasteiger partial charge in [-0.2, -0.15) is 0 Å². The maximum Gasteiger partial charge on any atom is 0.0166 e. The summed E-state index contributed by atoms with van der Waals surface area (Å²) in [5, 5.41) is 3.48. The number of nitrogens with zero attached hydrogens (tertiary/aromatic N) is 2. The molecule has 0 bridgehead atoms. The van der Waals surface area contributed by atoms with Gasteiger partial charge in [0, 0.05) is 32.2 Å². The van der Waals surface area contributed by atoms with E-state index >= 15 is 0 Å². The molecule has 3 heteroatoms. The van der Waals surface area contributed by atoms with E-state index in [1.165, 1.54) is 13.1 Å². The number of hydrogen-bond donors (Lipinski definition) is 1. The normalized spacial score (nSPS) is 14.1. The highest BCUT2D eigenvalue weighted by molar-refractivity contribution is 4.69. The second-order valence-corrected chi connectivity index (χ2v) is 5.42. The predicted octanol–water partition coefficient (Wildman–Crippen LogP) is 1.50. The minimum absolute atomic E-state index is 0.589. The summed E-state index contributed by atoms with van der Waals surface area (Å²) < 4.78 is 0. The molecule has 0 rings (SSSR count). The van der Waals surface area contributed by atoms with E-state index in [4.69, 9.17) is 0 Å². The Labute approximate surface area is 102 Å². The van der Waals surface area contributed by atoms with Crippen molar-refractivity contribution in [3.8, 4) is 0 Å². The van der Waals surface area contributed by atoms with Crippen LogP contribution in [0.4, 0.5) is 0 Å². The van der Waals surface area contributed by atoms with Crippen LogP contribution in [0.15, 0.2) is 0 Å². The van der Waals surface area contributed by atoms with E-state index < -0.39 is 0 Å². The number of nitrogens with one attached hydrogen (secondary N) is 1. The summed E-state index contributed by atoms with van der Waals surface area (Å²) in [5.74, 6) is 0.746. The molecule has 0 saturated heterocycles. The lowest BCUT2D eigenvalue weighted by Gasteiger charge is -2.28. The maximum atomic E-state index is 3.48. The zero-order valence-corrected chi connectivity index (χ0v) is 12.1. The van der Waals surface area contributed by atoms with Crippen molar-refractivity contribution in [1.82, 2.24) is 15.1 Å². The zero-order valence-electron chi connectivity index (χ0n) is 12.1. The first-order valence-electron chi connectivity index (χ1n) is 6.56. The molecule has 0 fully saturated rings. The quantitative estimate of drug-likeness (QED) is 0.646. The van der Waals surface area contributed by atoms with E-state index in [2.05, 4.69) is 56.9 Å². The lowest BCUT2D eigenvalue weighted by Crippen LogP contribution is -2.43. The largest absolute Gasteiger partial charge is 0.313 e. The van der Waals surface area contributed by atoms with Crippen molar-refractivity contribution < 1.29 is 0 Å². The molecule has 1 atom stereocenters. The molecule has 1 unspecified atom stereocenters. The molecule has 98 valence electrons. The third kappa shape index (κ3) is 9.13. The molecule has 0 amide bonds. The van der Waals surface area contributed by atoms with E-state index in [1.54, 1.807) is 0 Å². The standard InChI is InChI=1S/C13H31N3/c1-7-14-13(4)11-16(10-12(2)3)9-8-15(5)6/h12-14H,7-11H2,1-6H3. The summed E-state index contributed by atoms with van der Waals surface area (Å²) >= 11 is 0. The maximum absolute atomic E-state index is 3.48. The monoisotopic (exact) mass is 229 g/mol. The summed E-state index contributed by atoms with van der Waals surface area (Å²) in [6.45, 7) is 14.7. The molecule has 0 spiro atoms. The molecular weight excluding hydrogens is 198 g/mol. The Morgan fingerprint density at radius 2 is 1.62 bits per heavy atom. The van der Waals surface area contributed by atoms with Gasteiger partial charge in [-0.3, -0.25) is 0 Å². The lowest BCUT2D eigenvalue weighted by molar-refractivity contribution is 0.203. The van der Waals surface area contributed by atoms with Crippen LogP contribution in [0.3, 0.4) is 0 Å². The van der Waals surface area contributed by atoms with Gasteiger partial charge in [0.1, 0.15) is 0 Å². The van der Waals surface area contributed by atoms with Gasteiger partial charge in [-0.05, 0) is 33.5 Å². The van der Waals surface area contributed by atoms with Gasteiger partial charge in [0.2, 0.25) is 0 Å². The summed E-state index contributed by atoms with van der Waals surface area (Å²) in [7, 11) is 4.28. The molecule has 0 aliphatic heterocycles. The molecule has 0 aromatic carbocycles. The van der Waals surface area contributed by atoms with Gasteiger partial charge < -0.3 is 15.1 Å². The molecular formula is C13H31N3. The molecule has 0 radical (unpaired) electrons. The topological polar surface area (TPSA) is 18.5 Å². The highest BCUT2D eigenvalue weighted by atomic mass is 15.2. The molecule has 1 N–H and O–H groups in total. The first-order valence-corrected chi connectivity index (χ1v) is 6.56. The number of likely N-dealkylation sites (N-methyl/N-ethyl adjacent to an activating group) is 2. The summed E-state index contributed by atoms with van der Waals surface area (Å²) in [6.07, 6.45) is 0. The van der Waals surface area contributed by atoms with Gasteiger partial charge in [0.25, 0.3) is 0 Å². The molecule has 0 aliphatic rings. The van der Waals surface area contributed by atoms with Gasteiger partial charge >= 0.3 is 0 Å². The second-order valence-electron chi connectivity index (χ2n) is 5.42. The van der Waals surface area contributed by atoms with Crippen molar-refractivity contribution in [2.45, 2.75) is 33.7 Å². The van der Waals surface area contributed by atoms with Crippen molar-refractivity contribution in [3.63, 3.8) is 0 Å². The Kier molecular flexibility index (Phi) is 8.90. The fraction of sp³-hybridized carbons (Fsp3) is 1.00. The lowest BCUT2D eigenvalue weighted by atomic mass is 10.2. The highest BCUT2D eigenvalue weighted by Crippen LogP contribution is 2.00. The first kappa shape index (κ1) is 15.9. The molecule has 16 heavy (non-hydrogen) atoms.